The number of nitrogens with two attached hydrogens (primary N) is 1. The number of nitrogens with zero attached hydrogens (tertiary/aromatic N) is 1. The van der Waals surface area contributed by atoms with Crippen molar-refractivity contribution >= 4 is 23.5 Å². The number of ketones is 1. The number of Topliss-reactive ketones (excluding diaryl/α,β-unsaturated/α-hetero) is 1. The van der Waals surface area contributed by atoms with Gasteiger partial charge in [0, 0.05) is 17.5 Å². The molecule has 1 amide bonds. The number of carbonyl (C=O) groups is 3. The Labute approximate surface area is 160 Å². The number of hydrogen-bond acceptors (Lipinski definition) is 6. The highest BCUT2D eigenvalue weighted by Crippen LogP contribution is 2.20. The molecule has 0 radical (unpaired) electrons. The SMILES string of the molecule is CCC(=O)C(NC(=O)c1ccc(/C(N)=N\O)cc1)(Oc1ccccc1)C(=O)O. The third-order valence-electron chi connectivity index (χ3n) is 3.87. The van der Waals surface area contributed by atoms with Gasteiger partial charge in [-0.1, -0.05) is 42.4 Å². The summed E-state index contributed by atoms with van der Waals surface area (Å²) in [5, 5.41) is 23.4. The van der Waals surface area contributed by atoms with Gasteiger partial charge >= 0.3 is 11.7 Å². The highest BCUT2D eigenvalue weighted by molar-refractivity contribution is 6.11. The maximum atomic E-state index is 12.6. The zero-order valence-electron chi connectivity index (χ0n) is 15.0. The Morgan fingerprint density at radius 2 is 1.64 bits per heavy atom. The Balaban J connectivity index is 2.37. The van der Waals surface area contributed by atoms with Crippen LogP contribution in [0.5, 0.6) is 5.75 Å². The monoisotopic (exact) mass is 385 g/mol. The van der Waals surface area contributed by atoms with Gasteiger partial charge in [0.05, 0.1) is 0 Å². The fourth-order valence-corrected chi connectivity index (χ4v) is 2.36. The molecule has 0 bridgehead atoms. The first-order chi connectivity index (χ1) is 13.3. The minimum atomic E-state index is -2.59. The van der Waals surface area contributed by atoms with Crippen molar-refractivity contribution in [3.8, 4) is 5.75 Å². The van der Waals surface area contributed by atoms with Crippen molar-refractivity contribution in [2.24, 2.45) is 10.9 Å². The third kappa shape index (κ3) is 4.26. The summed E-state index contributed by atoms with van der Waals surface area (Å²) in [5.74, 6) is -3.36. The number of amidine groups is 1. The molecule has 5 N–H and O–H groups in total. The molecule has 2 aromatic carbocycles. The average molecular weight is 385 g/mol. The second kappa shape index (κ2) is 8.67. The minimum Gasteiger partial charge on any atom is -0.476 e. The molecule has 0 aliphatic carbocycles. The van der Waals surface area contributed by atoms with E-state index in [0.29, 0.717) is 5.56 Å². The molecule has 1 atom stereocenters. The Morgan fingerprint density at radius 3 is 2.14 bits per heavy atom. The van der Waals surface area contributed by atoms with E-state index in [-0.39, 0.29) is 23.6 Å². The molecule has 0 saturated heterocycles. The van der Waals surface area contributed by atoms with Crippen LogP contribution >= 0.6 is 0 Å². The molecule has 0 spiro atoms. The topological polar surface area (TPSA) is 151 Å². The standard InChI is InChI=1S/C19H19N3O6/c1-2-15(23)19(18(25)26,28-14-6-4-3-5-7-14)21-17(24)13-10-8-12(9-11-13)16(20)22-27/h3-11,27H,2H2,1H3,(H2,20,22)(H,21,24)(H,25,26). The predicted octanol–water partition coefficient (Wildman–Crippen LogP) is 1.35. The lowest BCUT2D eigenvalue weighted by atomic mass is 10.0. The van der Waals surface area contributed by atoms with Crippen LogP contribution in [0.1, 0.15) is 29.3 Å². The van der Waals surface area contributed by atoms with Crippen LogP contribution in [0.15, 0.2) is 59.8 Å². The smallest absolute Gasteiger partial charge is 0.378 e. The van der Waals surface area contributed by atoms with Crippen LogP contribution in [0.4, 0.5) is 0 Å². The molecule has 0 saturated carbocycles. The van der Waals surface area contributed by atoms with Crippen LogP contribution < -0.4 is 15.8 Å². The van der Waals surface area contributed by atoms with E-state index >= 15 is 0 Å². The van der Waals surface area contributed by atoms with Crippen molar-refractivity contribution in [3.63, 3.8) is 0 Å². The number of benzene rings is 2. The first-order valence-corrected chi connectivity index (χ1v) is 8.25. The summed E-state index contributed by atoms with van der Waals surface area (Å²) in [6.07, 6.45) is -0.179. The summed E-state index contributed by atoms with van der Waals surface area (Å²) in [7, 11) is 0. The number of carboxylic acids is 1. The molecule has 9 heteroatoms. The second-order valence-corrected chi connectivity index (χ2v) is 5.69. The van der Waals surface area contributed by atoms with E-state index in [0.717, 1.165) is 0 Å². The van der Waals surface area contributed by atoms with Gasteiger partial charge in [-0.3, -0.25) is 14.9 Å². The fourth-order valence-electron chi connectivity index (χ4n) is 2.36. The summed E-state index contributed by atoms with van der Waals surface area (Å²) in [5.41, 5.74) is 3.29. The van der Waals surface area contributed by atoms with E-state index < -0.39 is 23.4 Å². The van der Waals surface area contributed by atoms with Crippen LogP contribution in [-0.2, 0) is 9.59 Å². The summed E-state index contributed by atoms with van der Waals surface area (Å²) in [4.78, 5) is 37.0. The lowest BCUT2D eigenvalue weighted by molar-refractivity contribution is -0.164. The van der Waals surface area contributed by atoms with Gasteiger partial charge in [-0.2, -0.15) is 0 Å². The third-order valence-corrected chi connectivity index (χ3v) is 3.87. The van der Waals surface area contributed by atoms with Crippen molar-refractivity contribution in [1.82, 2.24) is 5.32 Å². The van der Waals surface area contributed by atoms with Crippen molar-refractivity contribution in [2.75, 3.05) is 0 Å². The van der Waals surface area contributed by atoms with Gasteiger partial charge in [-0.25, -0.2) is 4.79 Å². The number of amides is 1. The number of aliphatic carboxylic acids is 1. The van der Waals surface area contributed by atoms with Gasteiger partial charge < -0.3 is 20.8 Å². The average Bonchev–Trinajstić information content (AvgIpc) is 2.72. The maximum Gasteiger partial charge on any atom is 0.378 e. The first-order valence-electron chi connectivity index (χ1n) is 8.25. The van der Waals surface area contributed by atoms with Gasteiger partial charge in [0.1, 0.15) is 5.75 Å². The molecule has 0 fully saturated rings. The second-order valence-electron chi connectivity index (χ2n) is 5.69. The number of nitrogens with one attached hydrogen (secondary N) is 1. The number of ether oxygens (including phenoxy) is 1. The summed E-state index contributed by atoms with van der Waals surface area (Å²) < 4.78 is 5.43. The summed E-state index contributed by atoms with van der Waals surface area (Å²) >= 11 is 0. The van der Waals surface area contributed by atoms with E-state index in [9.17, 15) is 19.5 Å². The normalized spacial score (nSPS) is 13.2. The Kier molecular flexibility index (Phi) is 6.33. The molecule has 146 valence electrons. The van der Waals surface area contributed by atoms with E-state index in [1.54, 1.807) is 18.2 Å². The van der Waals surface area contributed by atoms with Gasteiger partial charge in [-0.05, 0) is 24.3 Å². The molecule has 9 nitrogen and oxygen atoms in total. The largest absolute Gasteiger partial charge is 0.476 e. The van der Waals surface area contributed by atoms with Crippen molar-refractivity contribution < 1.29 is 29.4 Å². The van der Waals surface area contributed by atoms with Crippen molar-refractivity contribution in [2.45, 2.75) is 19.1 Å². The molecule has 2 aromatic rings. The fraction of sp³-hybridized carbons (Fsp3) is 0.158. The van der Waals surface area contributed by atoms with Crippen molar-refractivity contribution in [1.29, 1.82) is 0 Å². The molecule has 1 unspecified atom stereocenters. The number of carboxylic acid groups (broad SMARTS) is 1. The molecule has 0 aromatic heterocycles. The number of hydrogen-bond donors (Lipinski definition) is 4. The van der Waals surface area contributed by atoms with Crippen LogP contribution in [0.3, 0.4) is 0 Å². The zero-order valence-corrected chi connectivity index (χ0v) is 15.0. The number of rotatable bonds is 8. The van der Waals surface area contributed by atoms with E-state index in [1.807, 2.05) is 0 Å². The molecule has 28 heavy (non-hydrogen) atoms. The van der Waals surface area contributed by atoms with Gasteiger partial charge in [0.15, 0.2) is 5.84 Å². The van der Waals surface area contributed by atoms with Gasteiger partial charge in [0.25, 0.3) is 5.91 Å². The highest BCUT2D eigenvalue weighted by Gasteiger charge is 2.49. The van der Waals surface area contributed by atoms with Crippen LogP contribution in [0.25, 0.3) is 0 Å². The lowest BCUT2D eigenvalue weighted by Crippen LogP contribution is -2.64. The van der Waals surface area contributed by atoms with Crippen LogP contribution in [0.2, 0.25) is 0 Å². The van der Waals surface area contributed by atoms with Crippen LogP contribution in [-0.4, -0.2) is 39.5 Å². The lowest BCUT2D eigenvalue weighted by Gasteiger charge is -2.29. The number of carbonyl (C=O) groups excluding carboxylic acids is 2. The maximum absolute atomic E-state index is 12.6. The number of oxime groups is 1. The van der Waals surface area contributed by atoms with E-state index in [4.69, 9.17) is 15.7 Å². The first kappa shape index (κ1) is 20.4. The summed E-state index contributed by atoms with van der Waals surface area (Å²) in [6, 6.07) is 13.3. The molecule has 0 heterocycles. The Morgan fingerprint density at radius 1 is 1.07 bits per heavy atom. The Hall–Kier alpha value is -3.88. The van der Waals surface area contributed by atoms with E-state index in [1.165, 1.54) is 43.3 Å². The van der Waals surface area contributed by atoms with Crippen molar-refractivity contribution in [3.05, 3.63) is 65.7 Å². The van der Waals surface area contributed by atoms with Gasteiger partial charge in [0.2, 0.25) is 5.78 Å². The zero-order chi connectivity index (χ0) is 20.7. The Bertz CT molecular complexity index is 896. The quantitative estimate of drug-likeness (QED) is 0.134. The van der Waals surface area contributed by atoms with Crippen LogP contribution in [0, 0.1) is 0 Å². The minimum absolute atomic E-state index is 0.0562. The molecule has 0 aliphatic heterocycles. The number of para-hydroxylation sites is 1. The highest BCUT2D eigenvalue weighted by atomic mass is 16.5. The summed E-state index contributed by atoms with van der Waals surface area (Å²) in [6.45, 7) is 1.46. The van der Waals surface area contributed by atoms with E-state index in [2.05, 4.69) is 10.5 Å². The molecule has 2 rings (SSSR count). The molecular formula is C19H19N3O6. The molecular weight excluding hydrogens is 366 g/mol. The predicted molar refractivity (Wildman–Crippen MR) is 99.2 cm³/mol. The van der Waals surface area contributed by atoms with Gasteiger partial charge in [-0.15, -0.1) is 0 Å². The molecule has 0 aliphatic rings.